The molecule has 2 aromatic carbocycles. The van der Waals surface area contributed by atoms with Crippen LogP contribution in [0.15, 0.2) is 59.1 Å². The lowest BCUT2D eigenvalue weighted by Crippen LogP contribution is -2.49. The molecule has 0 unspecified atom stereocenters. The Balaban J connectivity index is 1.88. The minimum atomic E-state index is -1.37. The van der Waals surface area contributed by atoms with Crippen molar-refractivity contribution >= 4 is 23.5 Å². The standard InChI is InChI=1S/C20H17ClN2O4/c1-12-17(18(23-27-12)14-9-5-6-10-15(14)21)19(24)22-16(20(25)26)11-13-7-3-2-4-8-13/h2-10,16H,11H2,1H3,(H,22,24)(H,25,26)/p-1/t16-/m0/s1. The summed E-state index contributed by atoms with van der Waals surface area (Å²) in [6, 6.07) is 14.7. The van der Waals surface area contributed by atoms with Gasteiger partial charge in [0.05, 0.1) is 17.0 Å². The number of aromatic nitrogens is 1. The molecule has 0 fully saturated rings. The Hall–Kier alpha value is -3.12. The Morgan fingerprint density at radius 3 is 2.48 bits per heavy atom. The summed E-state index contributed by atoms with van der Waals surface area (Å²) >= 11 is 6.19. The Bertz CT molecular complexity index is 969. The van der Waals surface area contributed by atoms with E-state index in [1.165, 1.54) is 0 Å². The molecule has 1 atom stereocenters. The number of rotatable bonds is 6. The first-order valence-electron chi connectivity index (χ1n) is 8.24. The molecule has 1 N–H and O–H groups in total. The number of nitrogens with zero attached hydrogens (tertiary/aromatic N) is 1. The molecule has 6 nitrogen and oxygen atoms in total. The van der Waals surface area contributed by atoms with E-state index in [0.717, 1.165) is 5.56 Å². The number of carbonyl (C=O) groups is 2. The largest absolute Gasteiger partial charge is 0.548 e. The number of hydrogen-bond donors (Lipinski definition) is 1. The second-order valence-electron chi connectivity index (χ2n) is 5.98. The zero-order valence-corrected chi connectivity index (χ0v) is 15.2. The number of amides is 1. The Labute approximate surface area is 160 Å². The molecule has 0 aliphatic rings. The molecule has 3 rings (SSSR count). The van der Waals surface area contributed by atoms with Crippen LogP contribution in [0.3, 0.4) is 0 Å². The van der Waals surface area contributed by atoms with Crippen molar-refractivity contribution in [2.24, 2.45) is 0 Å². The van der Waals surface area contributed by atoms with E-state index in [4.69, 9.17) is 16.1 Å². The molecule has 27 heavy (non-hydrogen) atoms. The first-order valence-corrected chi connectivity index (χ1v) is 8.62. The second kappa shape index (κ2) is 8.05. The highest BCUT2D eigenvalue weighted by Gasteiger charge is 2.25. The maximum atomic E-state index is 12.8. The van der Waals surface area contributed by atoms with Gasteiger partial charge in [-0.2, -0.15) is 0 Å². The monoisotopic (exact) mass is 383 g/mol. The lowest BCUT2D eigenvalue weighted by molar-refractivity contribution is -0.308. The number of aliphatic carboxylic acids is 1. The maximum absolute atomic E-state index is 12.8. The summed E-state index contributed by atoms with van der Waals surface area (Å²) in [5, 5.41) is 18.3. The van der Waals surface area contributed by atoms with E-state index in [0.29, 0.717) is 10.6 Å². The van der Waals surface area contributed by atoms with Crippen LogP contribution < -0.4 is 10.4 Å². The molecule has 0 aliphatic carbocycles. The third-order valence-corrected chi connectivity index (χ3v) is 4.42. The minimum absolute atomic E-state index is 0.0979. The van der Waals surface area contributed by atoms with E-state index in [2.05, 4.69) is 10.5 Å². The number of carboxylic acid groups (broad SMARTS) is 1. The third-order valence-electron chi connectivity index (χ3n) is 4.09. The molecule has 3 aromatic rings. The van der Waals surface area contributed by atoms with Crippen molar-refractivity contribution in [3.63, 3.8) is 0 Å². The lowest BCUT2D eigenvalue weighted by Gasteiger charge is -2.20. The summed E-state index contributed by atoms with van der Waals surface area (Å²) < 4.78 is 5.15. The van der Waals surface area contributed by atoms with Crippen LogP contribution >= 0.6 is 11.6 Å². The number of nitrogens with one attached hydrogen (secondary N) is 1. The Morgan fingerprint density at radius 2 is 1.81 bits per heavy atom. The van der Waals surface area contributed by atoms with Crippen LogP contribution in [0.2, 0.25) is 5.02 Å². The van der Waals surface area contributed by atoms with E-state index in [1.54, 1.807) is 55.5 Å². The van der Waals surface area contributed by atoms with Crippen LogP contribution in [-0.4, -0.2) is 23.1 Å². The molecular weight excluding hydrogens is 368 g/mol. The fraction of sp³-hybridized carbons (Fsp3) is 0.150. The SMILES string of the molecule is Cc1onc(-c2ccccc2Cl)c1C(=O)N[C@@H](Cc1ccccc1)C(=O)[O-]. The van der Waals surface area contributed by atoms with Gasteiger partial charge in [-0.3, -0.25) is 4.79 Å². The van der Waals surface area contributed by atoms with Crippen LogP contribution in [0.25, 0.3) is 11.3 Å². The van der Waals surface area contributed by atoms with E-state index in [-0.39, 0.29) is 23.4 Å². The zero-order chi connectivity index (χ0) is 19.4. The van der Waals surface area contributed by atoms with Crippen LogP contribution in [-0.2, 0) is 11.2 Å². The average molecular weight is 384 g/mol. The van der Waals surface area contributed by atoms with Gasteiger partial charge in [0.1, 0.15) is 17.0 Å². The van der Waals surface area contributed by atoms with E-state index in [1.807, 2.05) is 6.07 Å². The van der Waals surface area contributed by atoms with Crippen molar-refractivity contribution in [3.05, 3.63) is 76.5 Å². The van der Waals surface area contributed by atoms with E-state index in [9.17, 15) is 14.7 Å². The van der Waals surface area contributed by atoms with Crippen molar-refractivity contribution in [2.45, 2.75) is 19.4 Å². The van der Waals surface area contributed by atoms with Crippen LogP contribution in [0.4, 0.5) is 0 Å². The highest BCUT2D eigenvalue weighted by Crippen LogP contribution is 2.31. The molecular formula is C20H16ClN2O4-. The average Bonchev–Trinajstić information content (AvgIpc) is 3.03. The van der Waals surface area contributed by atoms with Gasteiger partial charge in [-0.25, -0.2) is 0 Å². The first kappa shape index (κ1) is 18.7. The van der Waals surface area contributed by atoms with Gasteiger partial charge in [0.15, 0.2) is 0 Å². The van der Waals surface area contributed by atoms with Crippen molar-refractivity contribution in [1.82, 2.24) is 10.5 Å². The van der Waals surface area contributed by atoms with Crippen molar-refractivity contribution in [1.29, 1.82) is 0 Å². The predicted octanol–water partition coefficient (Wildman–Crippen LogP) is 2.39. The van der Waals surface area contributed by atoms with Gasteiger partial charge in [0.2, 0.25) is 0 Å². The molecule has 1 aromatic heterocycles. The van der Waals surface area contributed by atoms with Crippen molar-refractivity contribution in [2.75, 3.05) is 0 Å². The number of carboxylic acids is 1. The highest BCUT2D eigenvalue weighted by molar-refractivity contribution is 6.33. The van der Waals surface area contributed by atoms with Crippen LogP contribution in [0.5, 0.6) is 0 Å². The number of aryl methyl sites for hydroxylation is 1. The van der Waals surface area contributed by atoms with Crippen LogP contribution in [0.1, 0.15) is 21.7 Å². The molecule has 0 radical (unpaired) electrons. The Kier molecular flexibility index (Phi) is 5.57. The number of halogens is 1. The number of benzene rings is 2. The van der Waals surface area contributed by atoms with E-state index >= 15 is 0 Å². The fourth-order valence-corrected chi connectivity index (χ4v) is 2.98. The number of carbonyl (C=O) groups excluding carboxylic acids is 2. The molecule has 0 saturated carbocycles. The van der Waals surface area contributed by atoms with Crippen molar-refractivity contribution in [3.8, 4) is 11.3 Å². The zero-order valence-electron chi connectivity index (χ0n) is 14.4. The lowest BCUT2D eigenvalue weighted by atomic mass is 10.0. The maximum Gasteiger partial charge on any atom is 0.257 e. The van der Waals surface area contributed by atoms with Gasteiger partial charge in [0, 0.05) is 5.56 Å². The minimum Gasteiger partial charge on any atom is -0.548 e. The summed E-state index contributed by atoms with van der Waals surface area (Å²) in [6.07, 6.45) is 0.0979. The summed E-state index contributed by atoms with van der Waals surface area (Å²) in [6.45, 7) is 1.58. The molecule has 1 amide bonds. The summed E-state index contributed by atoms with van der Waals surface area (Å²) in [5.41, 5.74) is 1.68. The molecule has 1 heterocycles. The summed E-state index contributed by atoms with van der Waals surface area (Å²) in [5.74, 6) is -1.73. The predicted molar refractivity (Wildman–Crippen MR) is 98.1 cm³/mol. The quantitative estimate of drug-likeness (QED) is 0.705. The Morgan fingerprint density at radius 1 is 1.15 bits per heavy atom. The van der Waals surface area contributed by atoms with E-state index < -0.39 is 17.9 Å². The molecule has 138 valence electrons. The molecule has 0 bridgehead atoms. The molecule has 0 aliphatic heterocycles. The first-order chi connectivity index (χ1) is 13.0. The van der Waals surface area contributed by atoms with Gasteiger partial charge in [0.25, 0.3) is 5.91 Å². The van der Waals surface area contributed by atoms with Crippen molar-refractivity contribution < 1.29 is 19.2 Å². The normalized spacial score (nSPS) is 11.8. The highest BCUT2D eigenvalue weighted by atomic mass is 35.5. The molecule has 0 saturated heterocycles. The van der Waals surface area contributed by atoms with Gasteiger partial charge < -0.3 is 19.7 Å². The van der Waals surface area contributed by atoms with Gasteiger partial charge in [-0.15, -0.1) is 0 Å². The number of hydrogen-bond acceptors (Lipinski definition) is 5. The summed E-state index contributed by atoms with van der Waals surface area (Å²) in [7, 11) is 0. The van der Waals surface area contributed by atoms with Gasteiger partial charge in [-0.05, 0) is 25.0 Å². The fourth-order valence-electron chi connectivity index (χ4n) is 2.75. The molecule has 0 spiro atoms. The smallest absolute Gasteiger partial charge is 0.257 e. The summed E-state index contributed by atoms with van der Waals surface area (Å²) in [4.78, 5) is 24.3. The van der Waals surface area contributed by atoms with Gasteiger partial charge >= 0.3 is 0 Å². The third kappa shape index (κ3) is 4.17. The van der Waals surface area contributed by atoms with Gasteiger partial charge in [-0.1, -0.05) is 65.3 Å². The second-order valence-corrected chi connectivity index (χ2v) is 6.38. The van der Waals surface area contributed by atoms with Crippen LogP contribution in [0, 0.1) is 6.92 Å². The molecule has 7 heteroatoms. The topological polar surface area (TPSA) is 95.3 Å².